The number of carbonyl (C=O) groups excluding carboxylic acids is 1. The number of benzene rings is 1. The van der Waals surface area contributed by atoms with Gasteiger partial charge in [0.15, 0.2) is 0 Å². The number of fused-ring (bicyclic) bond motifs is 1. The topological polar surface area (TPSA) is 49.3 Å². The zero-order chi connectivity index (χ0) is 15.4. The van der Waals surface area contributed by atoms with E-state index in [1.165, 1.54) is 30.4 Å². The van der Waals surface area contributed by atoms with E-state index in [0.717, 1.165) is 37.7 Å². The van der Waals surface area contributed by atoms with E-state index in [0.29, 0.717) is 18.4 Å². The molecule has 1 aromatic rings. The number of hydrogen-bond acceptors (Lipinski definition) is 2. The quantitative estimate of drug-likeness (QED) is 0.898. The molecule has 3 nitrogen and oxygen atoms in total. The number of aliphatic hydroxyl groups is 1. The van der Waals surface area contributed by atoms with E-state index in [1.807, 2.05) is 0 Å². The number of nitrogens with one attached hydrogen (secondary N) is 1. The minimum absolute atomic E-state index is 0.142. The minimum atomic E-state index is 0.142. The van der Waals surface area contributed by atoms with E-state index < -0.39 is 0 Å². The first-order chi connectivity index (χ1) is 10.7. The van der Waals surface area contributed by atoms with Gasteiger partial charge in [-0.25, -0.2) is 0 Å². The maximum atomic E-state index is 12.2. The first kappa shape index (κ1) is 15.5. The molecule has 0 radical (unpaired) electrons. The molecule has 0 saturated heterocycles. The van der Waals surface area contributed by atoms with Crippen molar-refractivity contribution in [1.29, 1.82) is 0 Å². The molecule has 120 valence electrons. The summed E-state index contributed by atoms with van der Waals surface area (Å²) in [5.74, 6) is 0.581. The Hall–Kier alpha value is -1.35. The van der Waals surface area contributed by atoms with Crippen molar-refractivity contribution >= 4 is 5.91 Å². The SMILES string of the molecule is O=C(Cc1ccc2c(c1)CCCC2)NC1CCC(CO)CC1. The Labute approximate surface area is 133 Å². The Morgan fingerprint density at radius 1 is 1.09 bits per heavy atom. The average molecular weight is 301 g/mol. The van der Waals surface area contributed by atoms with Gasteiger partial charge >= 0.3 is 0 Å². The van der Waals surface area contributed by atoms with E-state index >= 15 is 0 Å². The molecule has 1 saturated carbocycles. The van der Waals surface area contributed by atoms with E-state index in [-0.39, 0.29) is 12.5 Å². The molecule has 0 spiro atoms. The molecule has 1 fully saturated rings. The van der Waals surface area contributed by atoms with Crippen molar-refractivity contribution < 1.29 is 9.90 Å². The van der Waals surface area contributed by atoms with Gasteiger partial charge in [-0.1, -0.05) is 18.2 Å². The Morgan fingerprint density at radius 3 is 2.55 bits per heavy atom. The predicted molar refractivity (Wildman–Crippen MR) is 87.8 cm³/mol. The fourth-order valence-corrected chi connectivity index (χ4v) is 3.85. The van der Waals surface area contributed by atoms with Crippen LogP contribution in [0.25, 0.3) is 0 Å². The first-order valence-corrected chi connectivity index (χ1v) is 8.75. The molecular formula is C19H27NO2. The summed E-state index contributed by atoms with van der Waals surface area (Å²) >= 11 is 0. The van der Waals surface area contributed by atoms with Crippen LogP contribution in [0.5, 0.6) is 0 Å². The van der Waals surface area contributed by atoms with Crippen LogP contribution in [0.1, 0.15) is 55.2 Å². The van der Waals surface area contributed by atoms with Gasteiger partial charge in [-0.2, -0.15) is 0 Å². The van der Waals surface area contributed by atoms with Crippen LogP contribution in [0, 0.1) is 5.92 Å². The summed E-state index contributed by atoms with van der Waals surface area (Å²) in [5.41, 5.74) is 4.06. The highest BCUT2D eigenvalue weighted by Crippen LogP contribution is 2.24. The lowest BCUT2D eigenvalue weighted by Gasteiger charge is -2.28. The average Bonchev–Trinajstić information content (AvgIpc) is 2.55. The second-order valence-electron chi connectivity index (χ2n) is 6.95. The third-order valence-corrected chi connectivity index (χ3v) is 5.25. The Kier molecular flexibility index (Phi) is 5.14. The van der Waals surface area contributed by atoms with Crippen molar-refractivity contribution in [3.05, 3.63) is 34.9 Å². The minimum Gasteiger partial charge on any atom is -0.396 e. The number of amides is 1. The summed E-state index contributed by atoms with van der Waals surface area (Å²) in [6.45, 7) is 0.287. The highest BCUT2D eigenvalue weighted by atomic mass is 16.3. The molecule has 1 amide bonds. The summed E-state index contributed by atoms with van der Waals surface area (Å²) in [6, 6.07) is 6.86. The molecule has 0 unspecified atom stereocenters. The summed E-state index contributed by atoms with van der Waals surface area (Å²) in [5, 5.41) is 12.3. The number of rotatable bonds is 4. The van der Waals surface area contributed by atoms with Gasteiger partial charge in [0.25, 0.3) is 0 Å². The Morgan fingerprint density at radius 2 is 1.82 bits per heavy atom. The van der Waals surface area contributed by atoms with Gasteiger partial charge in [0.05, 0.1) is 6.42 Å². The molecule has 2 aliphatic carbocycles. The Bertz CT molecular complexity index is 518. The predicted octanol–water partition coefficient (Wildman–Crippen LogP) is 2.78. The summed E-state index contributed by atoms with van der Waals surface area (Å²) in [4.78, 5) is 12.2. The van der Waals surface area contributed by atoms with E-state index in [9.17, 15) is 4.79 Å². The summed E-state index contributed by atoms with van der Waals surface area (Å²) in [6.07, 6.45) is 9.47. The zero-order valence-corrected chi connectivity index (χ0v) is 13.3. The molecule has 22 heavy (non-hydrogen) atoms. The van der Waals surface area contributed by atoms with Crippen molar-refractivity contribution in [2.45, 2.75) is 63.8 Å². The van der Waals surface area contributed by atoms with Crippen LogP contribution in [0.4, 0.5) is 0 Å². The van der Waals surface area contributed by atoms with Crippen LogP contribution in [-0.4, -0.2) is 23.7 Å². The van der Waals surface area contributed by atoms with Gasteiger partial charge in [0, 0.05) is 12.6 Å². The maximum absolute atomic E-state index is 12.2. The Balaban J connectivity index is 1.51. The molecule has 0 aromatic heterocycles. The van der Waals surface area contributed by atoms with Crippen LogP contribution < -0.4 is 5.32 Å². The van der Waals surface area contributed by atoms with E-state index in [2.05, 4.69) is 23.5 Å². The lowest BCUT2D eigenvalue weighted by molar-refractivity contribution is -0.121. The van der Waals surface area contributed by atoms with Crippen molar-refractivity contribution in [2.75, 3.05) is 6.61 Å². The van der Waals surface area contributed by atoms with Crippen LogP contribution in [0.15, 0.2) is 18.2 Å². The van der Waals surface area contributed by atoms with Crippen molar-refractivity contribution in [3.63, 3.8) is 0 Å². The van der Waals surface area contributed by atoms with E-state index in [4.69, 9.17) is 5.11 Å². The molecule has 2 aliphatic rings. The molecule has 2 N–H and O–H groups in total. The van der Waals surface area contributed by atoms with Gasteiger partial charge in [-0.3, -0.25) is 4.79 Å². The van der Waals surface area contributed by atoms with Gasteiger partial charge in [-0.05, 0) is 74.0 Å². The van der Waals surface area contributed by atoms with Crippen LogP contribution >= 0.6 is 0 Å². The van der Waals surface area contributed by atoms with Crippen LogP contribution in [-0.2, 0) is 24.1 Å². The highest BCUT2D eigenvalue weighted by Gasteiger charge is 2.22. The van der Waals surface area contributed by atoms with Gasteiger partial charge in [0.2, 0.25) is 5.91 Å². The smallest absolute Gasteiger partial charge is 0.224 e. The van der Waals surface area contributed by atoms with Crippen molar-refractivity contribution in [3.8, 4) is 0 Å². The monoisotopic (exact) mass is 301 g/mol. The molecule has 3 rings (SSSR count). The molecule has 0 bridgehead atoms. The lowest BCUT2D eigenvalue weighted by atomic mass is 9.86. The normalized spacial score (nSPS) is 24.6. The molecule has 0 heterocycles. The third kappa shape index (κ3) is 3.89. The standard InChI is InChI=1S/C19H27NO2/c21-13-14-6-9-18(10-7-14)20-19(22)12-15-5-8-16-3-1-2-4-17(16)11-15/h5,8,11,14,18,21H,1-4,6-7,9-10,12-13H2,(H,20,22). The molecule has 3 heteroatoms. The van der Waals surface area contributed by atoms with Crippen LogP contribution in [0.3, 0.4) is 0 Å². The van der Waals surface area contributed by atoms with Crippen molar-refractivity contribution in [2.24, 2.45) is 5.92 Å². The zero-order valence-electron chi connectivity index (χ0n) is 13.3. The summed E-state index contributed by atoms with van der Waals surface area (Å²) < 4.78 is 0. The lowest BCUT2D eigenvalue weighted by Crippen LogP contribution is -2.38. The fraction of sp³-hybridized carbons (Fsp3) is 0.632. The third-order valence-electron chi connectivity index (χ3n) is 5.25. The number of carbonyl (C=O) groups is 1. The number of hydrogen-bond donors (Lipinski definition) is 2. The molecule has 0 aliphatic heterocycles. The fourth-order valence-electron chi connectivity index (χ4n) is 3.85. The number of aryl methyl sites for hydroxylation is 2. The van der Waals surface area contributed by atoms with Gasteiger partial charge < -0.3 is 10.4 Å². The van der Waals surface area contributed by atoms with Crippen molar-refractivity contribution in [1.82, 2.24) is 5.32 Å². The molecule has 0 atom stereocenters. The van der Waals surface area contributed by atoms with Crippen LogP contribution in [0.2, 0.25) is 0 Å². The molecular weight excluding hydrogens is 274 g/mol. The van der Waals surface area contributed by atoms with Gasteiger partial charge in [0.1, 0.15) is 0 Å². The van der Waals surface area contributed by atoms with E-state index in [1.54, 1.807) is 0 Å². The second kappa shape index (κ2) is 7.28. The largest absolute Gasteiger partial charge is 0.396 e. The maximum Gasteiger partial charge on any atom is 0.224 e. The molecule has 1 aromatic carbocycles. The van der Waals surface area contributed by atoms with Gasteiger partial charge in [-0.15, -0.1) is 0 Å². The number of aliphatic hydroxyl groups excluding tert-OH is 1. The highest BCUT2D eigenvalue weighted by molar-refractivity contribution is 5.79. The first-order valence-electron chi connectivity index (χ1n) is 8.75. The summed E-state index contributed by atoms with van der Waals surface area (Å²) in [7, 11) is 0. The second-order valence-corrected chi connectivity index (χ2v) is 6.95.